The molecule has 0 amide bonds. The summed E-state index contributed by atoms with van der Waals surface area (Å²) in [6.45, 7) is 13.8. The second-order valence-corrected chi connectivity index (χ2v) is 12.2. The number of aliphatic hydroxyl groups excluding tert-OH is 1. The van der Waals surface area contributed by atoms with Crippen molar-refractivity contribution in [1.82, 2.24) is 4.98 Å². The number of hydrogen-bond donors (Lipinski definition) is 1. The van der Waals surface area contributed by atoms with Gasteiger partial charge < -0.3 is 9.84 Å². The maximum atomic E-state index is 13.2. The molecule has 5 nitrogen and oxygen atoms in total. The lowest BCUT2D eigenvalue weighted by atomic mass is 9.74. The Balaban J connectivity index is 1.85. The van der Waals surface area contributed by atoms with Crippen LogP contribution in [0.3, 0.4) is 0 Å². The molecule has 1 N–H and O–H groups in total. The predicted molar refractivity (Wildman–Crippen MR) is 137 cm³/mol. The molecule has 2 heterocycles. The largest absolute Gasteiger partial charge is 0.457 e. The lowest BCUT2D eigenvalue weighted by Crippen LogP contribution is -2.39. The van der Waals surface area contributed by atoms with Crippen LogP contribution in [-0.2, 0) is 14.3 Å². The molecule has 1 aromatic rings. The number of nitrogens with zero attached hydrogens (tertiary/aromatic N) is 1. The highest BCUT2D eigenvalue weighted by molar-refractivity contribution is 7.09. The van der Waals surface area contributed by atoms with Gasteiger partial charge in [-0.15, -0.1) is 11.3 Å². The third-order valence-electron chi connectivity index (χ3n) is 7.76. The highest BCUT2D eigenvalue weighted by atomic mass is 32.1. The summed E-state index contributed by atoms with van der Waals surface area (Å²) < 4.78 is 5.95. The fourth-order valence-corrected chi connectivity index (χ4v) is 5.82. The standard InChI is InChI=1S/C28H41NO4S/c1-16-8-9-24(17(2)13-22-15-34-20(5)29-22)33-25(30)10-11-28(6,7)27(32)19(4)26(31)18(3)12-21-14-23(16)21/h8,13,15,18-19,21,23-24,26,31H,9-12,14H2,1-7H3/b16-8-,17-13+/t18-,19+,21?,23?,24-,26-/m0/s1. The van der Waals surface area contributed by atoms with Crippen molar-refractivity contribution < 1.29 is 19.4 Å². The minimum atomic E-state index is -0.701. The van der Waals surface area contributed by atoms with Gasteiger partial charge in [-0.2, -0.15) is 0 Å². The van der Waals surface area contributed by atoms with Gasteiger partial charge in [-0.05, 0) is 69.4 Å². The lowest BCUT2D eigenvalue weighted by Gasteiger charge is -2.31. The molecule has 1 aliphatic carbocycles. The molecule has 0 bridgehead atoms. The van der Waals surface area contributed by atoms with E-state index in [1.807, 2.05) is 46.1 Å². The fraction of sp³-hybridized carbons (Fsp3) is 0.679. The molecule has 2 aliphatic rings. The van der Waals surface area contributed by atoms with E-state index in [0.717, 1.165) is 29.1 Å². The lowest BCUT2D eigenvalue weighted by molar-refractivity contribution is -0.148. The van der Waals surface area contributed by atoms with E-state index < -0.39 is 17.4 Å². The summed E-state index contributed by atoms with van der Waals surface area (Å²) in [6, 6.07) is 0. The molecule has 1 aliphatic heterocycles. The summed E-state index contributed by atoms with van der Waals surface area (Å²) in [6.07, 6.45) is 6.44. The van der Waals surface area contributed by atoms with Crippen LogP contribution in [0.15, 0.2) is 22.6 Å². The zero-order valence-electron chi connectivity index (χ0n) is 21.8. The first-order chi connectivity index (χ1) is 15.9. The molecule has 6 heteroatoms. The van der Waals surface area contributed by atoms with E-state index in [2.05, 4.69) is 24.9 Å². The van der Waals surface area contributed by atoms with Crippen LogP contribution in [0.4, 0.5) is 0 Å². The number of thiazole rings is 1. The van der Waals surface area contributed by atoms with Gasteiger partial charge in [0.15, 0.2) is 0 Å². The van der Waals surface area contributed by atoms with Crippen LogP contribution in [0.25, 0.3) is 6.08 Å². The first-order valence-corrected chi connectivity index (χ1v) is 13.5. The monoisotopic (exact) mass is 487 g/mol. The third kappa shape index (κ3) is 6.66. The number of allylic oxidation sites excluding steroid dienone is 1. The quantitative estimate of drug-likeness (QED) is 0.400. The van der Waals surface area contributed by atoms with E-state index >= 15 is 0 Å². The molecule has 1 saturated carbocycles. The second kappa shape index (κ2) is 10.9. The Labute approximate surface area is 208 Å². The number of aromatic nitrogens is 1. The van der Waals surface area contributed by atoms with Gasteiger partial charge in [-0.1, -0.05) is 39.3 Å². The minimum absolute atomic E-state index is 0.0155. The fourth-order valence-electron chi connectivity index (χ4n) is 5.25. The van der Waals surface area contributed by atoms with Gasteiger partial charge in [0.25, 0.3) is 0 Å². The Bertz CT molecular complexity index is 959. The Kier molecular flexibility index (Phi) is 8.56. The highest BCUT2D eigenvalue weighted by Gasteiger charge is 2.42. The Hall–Kier alpha value is -1.79. The number of cyclic esters (lactones) is 1. The van der Waals surface area contributed by atoms with Crippen LogP contribution < -0.4 is 0 Å². The normalized spacial score (nSPS) is 35.2. The molecule has 0 spiro atoms. The molecule has 6 atom stereocenters. The number of carbonyl (C=O) groups excluding carboxylic acids is 2. The van der Waals surface area contributed by atoms with E-state index in [1.165, 1.54) is 5.57 Å². The summed E-state index contributed by atoms with van der Waals surface area (Å²) in [5.74, 6) is 0.377. The Morgan fingerprint density at radius 2 is 1.94 bits per heavy atom. The van der Waals surface area contributed by atoms with Gasteiger partial charge in [0.05, 0.1) is 16.8 Å². The number of fused-ring (bicyclic) bond motifs is 1. The maximum absolute atomic E-state index is 13.2. The van der Waals surface area contributed by atoms with Crippen molar-refractivity contribution in [2.45, 2.75) is 92.8 Å². The average Bonchev–Trinajstić information content (AvgIpc) is 3.43. The van der Waals surface area contributed by atoms with E-state index in [1.54, 1.807) is 11.3 Å². The van der Waals surface area contributed by atoms with Crippen molar-refractivity contribution >= 4 is 29.2 Å². The predicted octanol–water partition coefficient (Wildman–Crippen LogP) is 6.15. The first-order valence-electron chi connectivity index (χ1n) is 12.6. The summed E-state index contributed by atoms with van der Waals surface area (Å²) >= 11 is 1.60. The van der Waals surface area contributed by atoms with E-state index in [4.69, 9.17) is 4.74 Å². The molecule has 1 aromatic heterocycles. The topological polar surface area (TPSA) is 76.5 Å². The highest BCUT2D eigenvalue weighted by Crippen LogP contribution is 2.49. The molecule has 1 fully saturated rings. The average molecular weight is 488 g/mol. The number of hydrogen-bond acceptors (Lipinski definition) is 6. The summed E-state index contributed by atoms with van der Waals surface area (Å²) in [7, 11) is 0. The van der Waals surface area contributed by atoms with Gasteiger partial charge in [0, 0.05) is 29.6 Å². The zero-order valence-corrected chi connectivity index (χ0v) is 22.6. The van der Waals surface area contributed by atoms with Crippen LogP contribution in [0.1, 0.15) is 84.3 Å². The van der Waals surface area contributed by atoms with Gasteiger partial charge in [-0.25, -0.2) is 4.98 Å². The SMILES string of the molecule is C/C1=C/C[C@@H](/C(C)=C/c2csc(C)n2)OC(=O)CCC(C)(C)C(=O)[C@H](C)[C@@H](O)[C@@H](C)CC2CC12. The molecule has 0 radical (unpaired) electrons. The van der Waals surface area contributed by atoms with Crippen molar-refractivity contribution in [2.24, 2.45) is 29.1 Å². The number of Topliss-reactive ketones (excluding diaryl/α,β-unsaturated/α-hetero) is 1. The molecule has 0 aromatic carbocycles. The second-order valence-electron chi connectivity index (χ2n) is 11.2. The van der Waals surface area contributed by atoms with Crippen molar-refractivity contribution in [2.75, 3.05) is 0 Å². The third-order valence-corrected chi connectivity index (χ3v) is 8.55. The van der Waals surface area contributed by atoms with Crippen molar-refractivity contribution in [3.05, 3.63) is 33.3 Å². The smallest absolute Gasteiger partial charge is 0.306 e. The number of carbonyl (C=O) groups is 2. The van der Waals surface area contributed by atoms with Crippen LogP contribution >= 0.6 is 11.3 Å². The summed E-state index contributed by atoms with van der Waals surface area (Å²) in [5.41, 5.74) is 2.48. The van der Waals surface area contributed by atoms with Gasteiger partial charge in [0.1, 0.15) is 11.9 Å². The van der Waals surface area contributed by atoms with Crippen molar-refractivity contribution in [1.29, 1.82) is 0 Å². The Morgan fingerprint density at radius 1 is 1.24 bits per heavy atom. The molecule has 2 unspecified atom stereocenters. The molecule has 188 valence electrons. The number of aliphatic hydroxyl groups is 1. The number of ether oxygens (including phenoxy) is 1. The molecule has 0 saturated heterocycles. The molecular weight excluding hydrogens is 446 g/mol. The molecule has 34 heavy (non-hydrogen) atoms. The maximum Gasteiger partial charge on any atom is 0.306 e. The number of esters is 1. The van der Waals surface area contributed by atoms with Gasteiger partial charge >= 0.3 is 5.97 Å². The number of aryl methyl sites for hydroxylation is 1. The minimum Gasteiger partial charge on any atom is -0.457 e. The molecule has 3 rings (SSSR count). The van der Waals surface area contributed by atoms with Crippen molar-refractivity contribution in [3.8, 4) is 0 Å². The van der Waals surface area contributed by atoms with Crippen molar-refractivity contribution in [3.63, 3.8) is 0 Å². The number of ketones is 1. The van der Waals surface area contributed by atoms with Gasteiger partial charge in [-0.3, -0.25) is 9.59 Å². The Morgan fingerprint density at radius 3 is 2.59 bits per heavy atom. The summed E-state index contributed by atoms with van der Waals surface area (Å²) in [4.78, 5) is 30.6. The van der Waals surface area contributed by atoms with E-state index in [-0.39, 0.29) is 30.2 Å². The van der Waals surface area contributed by atoms with Crippen LogP contribution in [0, 0.1) is 36.0 Å². The molecular formula is C28H41NO4S. The van der Waals surface area contributed by atoms with E-state index in [0.29, 0.717) is 24.7 Å². The first kappa shape index (κ1) is 26.8. The van der Waals surface area contributed by atoms with E-state index in [9.17, 15) is 14.7 Å². The van der Waals surface area contributed by atoms with Gasteiger partial charge in [0.2, 0.25) is 0 Å². The van der Waals surface area contributed by atoms with Crippen LogP contribution in [-0.4, -0.2) is 34.1 Å². The zero-order chi connectivity index (χ0) is 25.2. The summed E-state index contributed by atoms with van der Waals surface area (Å²) in [5, 5.41) is 13.9. The van der Waals surface area contributed by atoms with Crippen LogP contribution in [0.2, 0.25) is 0 Å². The number of rotatable bonds is 2. The van der Waals surface area contributed by atoms with Crippen LogP contribution in [0.5, 0.6) is 0 Å².